The largest absolute Gasteiger partial charge is 0.433 e. The van der Waals surface area contributed by atoms with E-state index in [1.165, 1.54) is 30.7 Å². The van der Waals surface area contributed by atoms with Crippen LogP contribution >= 0.6 is 0 Å². The molecule has 0 saturated carbocycles. The van der Waals surface area contributed by atoms with E-state index in [2.05, 4.69) is 10.1 Å². The number of hydrogen-bond acceptors (Lipinski definition) is 5. The van der Waals surface area contributed by atoms with E-state index in [0.29, 0.717) is 0 Å². The fourth-order valence-corrected chi connectivity index (χ4v) is 1.03. The van der Waals surface area contributed by atoms with Gasteiger partial charge in [-0.05, 0) is 6.07 Å². The van der Waals surface area contributed by atoms with Crippen LogP contribution < -0.4 is 5.69 Å². The molecule has 0 fully saturated rings. The van der Waals surface area contributed by atoms with Crippen molar-refractivity contribution in [2.24, 2.45) is 5.10 Å². The maximum Gasteiger partial charge on any atom is 0.433 e. The van der Waals surface area contributed by atoms with E-state index in [1.54, 1.807) is 0 Å². The zero-order valence-corrected chi connectivity index (χ0v) is 7.86. The number of nitro groups is 1. The normalized spacial score (nSPS) is 11.0. The zero-order valence-electron chi connectivity index (χ0n) is 7.86. The molecule has 0 aromatic carbocycles. The fourth-order valence-electron chi connectivity index (χ4n) is 1.03. The van der Waals surface area contributed by atoms with Gasteiger partial charge in [0.25, 0.3) is 0 Å². The Morgan fingerprint density at radius 3 is 2.94 bits per heavy atom. The van der Waals surface area contributed by atoms with Crippen molar-refractivity contribution in [2.45, 2.75) is 0 Å². The Morgan fingerprint density at radius 1 is 1.56 bits per heavy atom. The molecule has 0 radical (unpaired) electrons. The van der Waals surface area contributed by atoms with Crippen molar-refractivity contribution in [3.8, 4) is 0 Å². The Hall–Kier alpha value is -2.64. The van der Waals surface area contributed by atoms with Gasteiger partial charge in [0.2, 0.25) is 0 Å². The van der Waals surface area contributed by atoms with Crippen LogP contribution in [0.25, 0.3) is 0 Å². The molecule has 2 aromatic rings. The highest BCUT2D eigenvalue weighted by molar-refractivity contribution is 5.76. The molecule has 2 heterocycles. The Kier molecular flexibility index (Phi) is 2.38. The molecule has 16 heavy (non-hydrogen) atoms. The third-order valence-electron chi connectivity index (χ3n) is 1.73. The number of H-pyrrole nitrogens is 1. The van der Waals surface area contributed by atoms with Crippen LogP contribution in [0.1, 0.15) is 5.76 Å². The van der Waals surface area contributed by atoms with Crippen LogP contribution in [-0.2, 0) is 0 Å². The van der Waals surface area contributed by atoms with Crippen molar-refractivity contribution >= 4 is 12.1 Å². The summed E-state index contributed by atoms with van der Waals surface area (Å²) in [5.41, 5.74) is -0.405. The predicted molar refractivity (Wildman–Crippen MR) is 53.4 cm³/mol. The summed E-state index contributed by atoms with van der Waals surface area (Å²) < 4.78 is 5.85. The molecule has 1 N–H and O–H groups in total. The van der Waals surface area contributed by atoms with Crippen molar-refractivity contribution < 1.29 is 9.34 Å². The molecule has 0 spiro atoms. The first kappa shape index (κ1) is 9.90. The minimum Gasteiger partial charge on any atom is -0.400 e. The number of nitrogens with one attached hydrogen (secondary N) is 1. The highest BCUT2D eigenvalue weighted by Crippen LogP contribution is 2.13. The van der Waals surface area contributed by atoms with E-state index < -0.39 is 10.6 Å². The van der Waals surface area contributed by atoms with E-state index in [9.17, 15) is 14.9 Å². The summed E-state index contributed by atoms with van der Waals surface area (Å²) in [6.07, 6.45) is 4.04. The van der Waals surface area contributed by atoms with Crippen molar-refractivity contribution in [3.63, 3.8) is 0 Å². The number of rotatable bonds is 3. The summed E-state index contributed by atoms with van der Waals surface area (Å²) >= 11 is 0. The van der Waals surface area contributed by atoms with Crippen LogP contribution in [0.15, 0.2) is 38.8 Å². The second-order valence-electron chi connectivity index (χ2n) is 2.79. The van der Waals surface area contributed by atoms with Gasteiger partial charge in [0, 0.05) is 6.20 Å². The van der Waals surface area contributed by atoms with Crippen molar-refractivity contribution in [1.82, 2.24) is 9.66 Å². The van der Waals surface area contributed by atoms with E-state index in [1.807, 2.05) is 0 Å². The van der Waals surface area contributed by atoms with Gasteiger partial charge in [-0.25, -0.2) is 4.79 Å². The molecular formula is C8H6N4O4. The average molecular weight is 222 g/mol. The molecule has 8 nitrogen and oxygen atoms in total. The van der Waals surface area contributed by atoms with E-state index >= 15 is 0 Å². The summed E-state index contributed by atoms with van der Waals surface area (Å²) in [5.74, 6) is -0.178. The molecule has 2 aromatic heterocycles. The van der Waals surface area contributed by atoms with E-state index in [0.717, 1.165) is 4.68 Å². The molecule has 0 unspecified atom stereocenters. The third kappa shape index (κ3) is 1.90. The number of nitrogens with zero attached hydrogens (tertiary/aromatic N) is 3. The van der Waals surface area contributed by atoms with Crippen LogP contribution in [0.2, 0.25) is 0 Å². The molecule has 0 saturated heterocycles. The van der Waals surface area contributed by atoms with Crippen LogP contribution in [0.4, 0.5) is 5.88 Å². The maximum atomic E-state index is 11.0. The molecule has 82 valence electrons. The van der Waals surface area contributed by atoms with Gasteiger partial charge in [-0.1, -0.05) is 0 Å². The molecule has 0 aliphatic heterocycles. The minimum atomic E-state index is -0.653. The lowest BCUT2D eigenvalue weighted by Crippen LogP contribution is -2.11. The van der Waals surface area contributed by atoms with Gasteiger partial charge < -0.3 is 9.40 Å². The highest BCUT2D eigenvalue weighted by atomic mass is 16.6. The number of hydrogen-bond donors (Lipinski definition) is 1. The molecule has 0 bridgehead atoms. The summed E-state index contributed by atoms with van der Waals surface area (Å²) in [6, 6.07) is 2.60. The van der Waals surface area contributed by atoms with Crippen LogP contribution in [0, 0.1) is 10.1 Å². The molecule has 0 atom stereocenters. The third-order valence-corrected chi connectivity index (χ3v) is 1.73. The van der Waals surface area contributed by atoms with Gasteiger partial charge in [0.1, 0.15) is 4.92 Å². The van der Waals surface area contributed by atoms with E-state index in [4.69, 9.17) is 4.42 Å². The molecule has 0 aliphatic rings. The lowest BCUT2D eigenvalue weighted by atomic mass is 10.5. The molecule has 0 amide bonds. The molecule has 0 aliphatic carbocycles. The first-order valence-electron chi connectivity index (χ1n) is 4.21. The Labute approximate surface area is 88.0 Å². The zero-order chi connectivity index (χ0) is 11.5. The lowest BCUT2D eigenvalue weighted by Gasteiger charge is -1.86. The standard InChI is InChI=1S/C8H6N4O4/c13-8-9-3-4-11(8)10-5-6-1-2-7(16-6)12(14)15/h1-5H,(H,9,13). The molecule has 8 heteroatoms. The number of furan rings is 1. The summed E-state index contributed by atoms with van der Waals surface area (Å²) in [7, 11) is 0. The number of aromatic amines is 1. The summed E-state index contributed by atoms with van der Waals surface area (Å²) in [6.45, 7) is 0. The van der Waals surface area contributed by atoms with Crippen LogP contribution in [0.3, 0.4) is 0 Å². The predicted octanol–water partition coefficient (Wildman–Crippen LogP) is 0.560. The monoisotopic (exact) mass is 222 g/mol. The minimum absolute atomic E-state index is 0.194. The van der Waals surface area contributed by atoms with Gasteiger partial charge in [0.15, 0.2) is 5.76 Å². The van der Waals surface area contributed by atoms with Crippen LogP contribution in [-0.4, -0.2) is 20.8 Å². The smallest absolute Gasteiger partial charge is 0.400 e. The lowest BCUT2D eigenvalue weighted by molar-refractivity contribution is -0.402. The van der Waals surface area contributed by atoms with Crippen molar-refractivity contribution in [1.29, 1.82) is 0 Å². The van der Waals surface area contributed by atoms with Crippen LogP contribution in [0.5, 0.6) is 0 Å². The van der Waals surface area contributed by atoms with Crippen molar-refractivity contribution in [3.05, 3.63) is 50.9 Å². The first-order valence-corrected chi connectivity index (χ1v) is 4.21. The molecule has 2 rings (SSSR count). The number of aromatic nitrogens is 2. The van der Waals surface area contributed by atoms with Gasteiger partial charge >= 0.3 is 11.6 Å². The Morgan fingerprint density at radius 2 is 2.38 bits per heavy atom. The van der Waals surface area contributed by atoms with Gasteiger partial charge in [-0.2, -0.15) is 9.78 Å². The summed E-state index contributed by atoms with van der Waals surface area (Å²) in [4.78, 5) is 23.0. The molecular weight excluding hydrogens is 216 g/mol. The second-order valence-corrected chi connectivity index (χ2v) is 2.79. The van der Waals surface area contributed by atoms with Gasteiger partial charge in [-0.3, -0.25) is 10.1 Å². The average Bonchev–Trinajstić information content (AvgIpc) is 2.83. The topological polar surface area (TPSA) is 106 Å². The first-order chi connectivity index (χ1) is 7.66. The highest BCUT2D eigenvalue weighted by Gasteiger charge is 2.10. The summed E-state index contributed by atoms with van der Waals surface area (Å²) in [5, 5.41) is 14.0. The quantitative estimate of drug-likeness (QED) is 0.465. The van der Waals surface area contributed by atoms with Gasteiger partial charge in [-0.15, -0.1) is 0 Å². The van der Waals surface area contributed by atoms with E-state index in [-0.39, 0.29) is 11.6 Å². The maximum absolute atomic E-state index is 11.0. The number of imidazole rings is 1. The second kappa shape index (κ2) is 3.85. The van der Waals surface area contributed by atoms with Crippen molar-refractivity contribution in [2.75, 3.05) is 0 Å². The fraction of sp³-hybridized carbons (Fsp3) is 0. The Bertz CT molecular complexity index is 591. The van der Waals surface area contributed by atoms with Gasteiger partial charge in [0.05, 0.1) is 18.5 Å². The SMILES string of the molecule is O=c1[nH]ccn1N=Cc1ccc([N+](=O)[O-])o1. The Balaban J connectivity index is 2.21.